The zero-order valence-corrected chi connectivity index (χ0v) is 40.6. The van der Waals surface area contributed by atoms with Crippen LogP contribution in [0, 0.1) is 0 Å². The predicted molar refractivity (Wildman–Crippen MR) is 249 cm³/mol. The first-order valence-corrected chi connectivity index (χ1v) is 27.4. The van der Waals surface area contributed by atoms with Crippen molar-refractivity contribution in [2.75, 3.05) is 19.8 Å². The van der Waals surface area contributed by atoms with Crippen molar-refractivity contribution in [3.63, 3.8) is 0 Å². The monoisotopic (exact) mass is 909 g/mol. The largest absolute Gasteiger partial charge is 0.472 e. The number of carbonyl (C=O) groups is 1. The van der Waals surface area contributed by atoms with E-state index in [1.54, 1.807) is 0 Å². The van der Waals surface area contributed by atoms with Gasteiger partial charge in [-0.1, -0.05) is 226 Å². The van der Waals surface area contributed by atoms with Gasteiger partial charge < -0.3 is 39.9 Å². The molecule has 0 aromatic carbocycles. The minimum atomic E-state index is -5.01. The van der Waals surface area contributed by atoms with Gasteiger partial charge in [-0.25, -0.2) is 4.57 Å². The molecule has 0 aromatic heterocycles. The Bertz CT molecular complexity index is 1040. The van der Waals surface area contributed by atoms with Gasteiger partial charge in [0, 0.05) is 13.0 Å². The molecule has 6 unspecified atom stereocenters. The van der Waals surface area contributed by atoms with Gasteiger partial charge in [0.2, 0.25) is 0 Å². The van der Waals surface area contributed by atoms with Crippen LogP contribution in [0.1, 0.15) is 245 Å². The molecule has 0 bridgehead atoms. The first kappa shape index (κ1) is 59.4. The number of rotatable bonds is 45. The molecule has 0 aromatic rings. The minimum absolute atomic E-state index is 0.0674. The maximum atomic E-state index is 12.8. The van der Waals surface area contributed by atoms with Crippen molar-refractivity contribution in [2.45, 2.75) is 288 Å². The lowest BCUT2D eigenvalue weighted by atomic mass is 9.85. The zero-order valence-electron chi connectivity index (χ0n) is 39.7. The molecule has 0 saturated heterocycles. The van der Waals surface area contributed by atoms with E-state index in [-0.39, 0.29) is 13.0 Å². The van der Waals surface area contributed by atoms with Gasteiger partial charge in [0.25, 0.3) is 0 Å². The van der Waals surface area contributed by atoms with Crippen LogP contribution in [0.2, 0.25) is 0 Å². The van der Waals surface area contributed by atoms with Gasteiger partial charge in [-0.05, 0) is 12.8 Å². The van der Waals surface area contributed by atoms with Gasteiger partial charge in [0.15, 0.2) is 0 Å². The van der Waals surface area contributed by atoms with E-state index < -0.39 is 63.1 Å². The number of phosphoric acid groups is 1. The standard InChI is InChI=1S/C49H97O12P/c1-3-5-7-9-11-13-15-17-19-20-21-22-23-25-27-29-31-33-35-37-39-58-40-42(41-59-62(56,57)61-49-47(54)45(52)44(51)46(53)48(49)55)60-43(50)38-36-34-32-30-28-26-24-18-16-14-12-10-8-6-4-2/h42,44-49,51-55H,3-41H2,1-2H3,(H,56,57)/t42-,44?,45-,46?,47?,48?,49?/m1/s1. The van der Waals surface area contributed by atoms with Gasteiger partial charge in [-0.2, -0.15) is 0 Å². The summed E-state index contributed by atoms with van der Waals surface area (Å²) in [6.45, 7) is 4.32. The highest BCUT2D eigenvalue weighted by Crippen LogP contribution is 2.47. The maximum Gasteiger partial charge on any atom is 0.472 e. The molecular weight excluding hydrogens is 812 g/mol. The molecule has 1 aliphatic carbocycles. The molecule has 0 spiro atoms. The quantitative estimate of drug-likeness (QED) is 0.0193. The third kappa shape index (κ3) is 32.1. The first-order valence-electron chi connectivity index (χ1n) is 25.9. The fourth-order valence-corrected chi connectivity index (χ4v) is 9.33. The Morgan fingerprint density at radius 2 is 0.758 bits per heavy atom. The second kappa shape index (κ2) is 40.6. The second-order valence-electron chi connectivity index (χ2n) is 18.4. The van der Waals surface area contributed by atoms with Gasteiger partial charge >= 0.3 is 13.8 Å². The Kier molecular flexibility index (Phi) is 38.9. The first-order chi connectivity index (χ1) is 30.0. The number of hydrogen-bond acceptors (Lipinski definition) is 11. The Labute approximate surface area is 378 Å². The van der Waals surface area contributed by atoms with Crippen molar-refractivity contribution in [1.82, 2.24) is 0 Å². The van der Waals surface area contributed by atoms with Crippen molar-refractivity contribution in [3.05, 3.63) is 0 Å². The van der Waals surface area contributed by atoms with Crippen LogP contribution in [0.3, 0.4) is 0 Å². The maximum absolute atomic E-state index is 12.8. The molecule has 62 heavy (non-hydrogen) atoms. The number of unbranched alkanes of at least 4 members (excludes halogenated alkanes) is 33. The van der Waals surface area contributed by atoms with Crippen molar-refractivity contribution < 1.29 is 58.3 Å². The Hall–Kier alpha value is -0.660. The highest BCUT2D eigenvalue weighted by Gasteiger charge is 2.51. The van der Waals surface area contributed by atoms with Gasteiger partial charge in [0.1, 0.15) is 42.7 Å². The molecule has 13 heteroatoms. The van der Waals surface area contributed by atoms with Crippen molar-refractivity contribution in [1.29, 1.82) is 0 Å². The summed E-state index contributed by atoms with van der Waals surface area (Å²) in [5.41, 5.74) is 0. The molecule has 12 nitrogen and oxygen atoms in total. The van der Waals surface area contributed by atoms with Gasteiger partial charge in [0.05, 0.1) is 13.2 Å². The van der Waals surface area contributed by atoms with Crippen LogP contribution in [-0.2, 0) is 27.9 Å². The number of ether oxygens (including phenoxy) is 2. The summed E-state index contributed by atoms with van der Waals surface area (Å²) in [5.74, 6) is -0.470. The Morgan fingerprint density at radius 3 is 1.11 bits per heavy atom. The van der Waals surface area contributed by atoms with E-state index in [9.17, 15) is 39.8 Å². The molecule has 0 radical (unpaired) electrons. The van der Waals surface area contributed by atoms with E-state index in [0.29, 0.717) is 13.0 Å². The second-order valence-corrected chi connectivity index (χ2v) is 19.8. The van der Waals surface area contributed by atoms with Crippen LogP contribution < -0.4 is 0 Å². The summed E-state index contributed by atoms with van der Waals surface area (Å²) < 4.78 is 34.3. The lowest BCUT2D eigenvalue weighted by molar-refractivity contribution is -0.220. The average Bonchev–Trinajstić information content (AvgIpc) is 3.26. The van der Waals surface area contributed by atoms with E-state index >= 15 is 0 Å². The SMILES string of the molecule is CCCCCCCCCCCCCCCCCCCCCCOC[C@H](COP(=O)(O)OC1C(O)C(O)C(O)[C@@H](O)C1O)OC(=O)CCCCCCCCCCCCCCCCC. The summed E-state index contributed by atoms with van der Waals surface area (Å²) in [6.07, 6.45) is 31.7. The molecule has 8 atom stereocenters. The molecule has 0 heterocycles. The van der Waals surface area contributed by atoms with E-state index in [1.165, 1.54) is 180 Å². The summed E-state index contributed by atoms with van der Waals surface area (Å²) in [4.78, 5) is 23.2. The molecule has 1 aliphatic rings. The third-order valence-electron chi connectivity index (χ3n) is 12.5. The smallest absolute Gasteiger partial charge is 0.457 e. The number of hydrogen-bond donors (Lipinski definition) is 6. The molecular formula is C49H97O12P. The summed E-state index contributed by atoms with van der Waals surface area (Å²) in [7, 11) is -5.01. The summed E-state index contributed by atoms with van der Waals surface area (Å²) in [5, 5.41) is 50.3. The average molecular weight is 909 g/mol. The van der Waals surface area contributed by atoms with Crippen molar-refractivity contribution >= 4 is 13.8 Å². The van der Waals surface area contributed by atoms with E-state index in [0.717, 1.165) is 38.5 Å². The van der Waals surface area contributed by atoms with Crippen LogP contribution in [0.5, 0.6) is 0 Å². The van der Waals surface area contributed by atoms with Crippen LogP contribution >= 0.6 is 7.82 Å². The third-order valence-corrected chi connectivity index (χ3v) is 13.5. The molecule has 0 aliphatic heterocycles. The normalized spacial score (nSPS) is 21.9. The fourth-order valence-electron chi connectivity index (χ4n) is 8.36. The fraction of sp³-hybridized carbons (Fsp3) is 0.980. The number of esters is 1. The Morgan fingerprint density at radius 1 is 0.452 bits per heavy atom. The topological polar surface area (TPSA) is 192 Å². The minimum Gasteiger partial charge on any atom is -0.457 e. The molecule has 370 valence electrons. The van der Waals surface area contributed by atoms with E-state index in [4.69, 9.17) is 18.5 Å². The molecule has 1 rings (SSSR count). The molecule has 6 N–H and O–H groups in total. The van der Waals surface area contributed by atoms with Crippen molar-refractivity contribution in [3.8, 4) is 0 Å². The number of carbonyl (C=O) groups excluding carboxylic acids is 1. The van der Waals surface area contributed by atoms with E-state index in [1.807, 2.05) is 0 Å². The van der Waals surface area contributed by atoms with Gasteiger partial charge in [-0.3, -0.25) is 13.8 Å². The lowest BCUT2D eigenvalue weighted by Gasteiger charge is -2.41. The summed E-state index contributed by atoms with van der Waals surface area (Å²) in [6, 6.07) is 0. The van der Waals surface area contributed by atoms with Crippen LogP contribution in [-0.4, -0.2) is 98.9 Å². The zero-order chi connectivity index (χ0) is 45.5. The lowest BCUT2D eigenvalue weighted by Crippen LogP contribution is -2.64. The van der Waals surface area contributed by atoms with Crippen LogP contribution in [0.4, 0.5) is 0 Å². The molecule has 0 amide bonds. The number of aliphatic hydroxyl groups excluding tert-OH is 5. The number of phosphoric ester groups is 1. The summed E-state index contributed by atoms with van der Waals surface area (Å²) >= 11 is 0. The Balaban J connectivity index is 2.31. The highest BCUT2D eigenvalue weighted by atomic mass is 31.2. The number of aliphatic hydroxyl groups is 5. The van der Waals surface area contributed by atoms with Gasteiger partial charge in [-0.15, -0.1) is 0 Å². The molecule has 1 fully saturated rings. The van der Waals surface area contributed by atoms with E-state index in [2.05, 4.69) is 13.8 Å². The van der Waals surface area contributed by atoms with Crippen LogP contribution in [0.15, 0.2) is 0 Å². The highest BCUT2D eigenvalue weighted by molar-refractivity contribution is 7.47. The van der Waals surface area contributed by atoms with Crippen molar-refractivity contribution in [2.24, 2.45) is 0 Å². The molecule has 1 saturated carbocycles. The van der Waals surface area contributed by atoms with Crippen LogP contribution in [0.25, 0.3) is 0 Å². The predicted octanol–water partition coefficient (Wildman–Crippen LogP) is 11.3.